The summed E-state index contributed by atoms with van der Waals surface area (Å²) in [4.78, 5) is 9.11. The highest BCUT2D eigenvalue weighted by atomic mass is 35.5. The first-order chi connectivity index (χ1) is 9.08. The van der Waals surface area contributed by atoms with Crippen molar-refractivity contribution < 1.29 is 4.74 Å². The molecule has 0 aliphatic carbocycles. The number of aromatic nitrogens is 3. The molecule has 2 aromatic rings. The molecule has 19 heavy (non-hydrogen) atoms. The van der Waals surface area contributed by atoms with Crippen LogP contribution >= 0.6 is 11.6 Å². The van der Waals surface area contributed by atoms with Crippen LogP contribution in [0.2, 0.25) is 0 Å². The molecule has 4 nitrogen and oxygen atoms in total. The number of fused-ring (bicyclic) bond motifs is 1. The molecule has 0 fully saturated rings. The van der Waals surface area contributed by atoms with Gasteiger partial charge in [0.1, 0.15) is 11.3 Å². The predicted molar refractivity (Wildman–Crippen MR) is 77.6 cm³/mol. The van der Waals surface area contributed by atoms with Crippen molar-refractivity contribution in [2.24, 2.45) is 5.92 Å². The highest BCUT2D eigenvalue weighted by molar-refractivity contribution is 6.16. The van der Waals surface area contributed by atoms with Gasteiger partial charge in [0.2, 0.25) is 0 Å². The molecule has 104 valence electrons. The van der Waals surface area contributed by atoms with Gasteiger partial charge in [-0.05, 0) is 24.5 Å². The van der Waals surface area contributed by atoms with Crippen LogP contribution in [0.5, 0.6) is 0 Å². The molecule has 0 N–H and O–H groups in total. The SMILES string of the molecule is COCC(C(C)C)n1c(CCl)nc2cc(C)cnc21. The normalized spacial score (nSPS) is 13.4. The maximum Gasteiger partial charge on any atom is 0.160 e. The highest BCUT2D eigenvalue weighted by Crippen LogP contribution is 2.26. The third-order valence-corrected chi connectivity index (χ3v) is 3.54. The molecule has 5 heteroatoms. The van der Waals surface area contributed by atoms with Gasteiger partial charge in [-0.25, -0.2) is 9.97 Å². The molecule has 1 unspecified atom stereocenters. The first-order valence-electron chi connectivity index (χ1n) is 6.46. The van der Waals surface area contributed by atoms with E-state index in [9.17, 15) is 0 Å². The second-order valence-electron chi connectivity index (χ2n) is 5.15. The van der Waals surface area contributed by atoms with E-state index in [2.05, 4.69) is 28.4 Å². The van der Waals surface area contributed by atoms with Crippen molar-refractivity contribution in [1.29, 1.82) is 0 Å². The third-order valence-electron chi connectivity index (χ3n) is 3.30. The zero-order valence-corrected chi connectivity index (χ0v) is 12.6. The summed E-state index contributed by atoms with van der Waals surface area (Å²) in [6.07, 6.45) is 1.86. The largest absolute Gasteiger partial charge is 0.383 e. The summed E-state index contributed by atoms with van der Waals surface area (Å²) in [5.74, 6) is 1.65. The Labute approximate surface area is 118 Å². The van der Waals surface area contributed by atoms with Crippen LogP contribution in [0.15, 0.2) is 12.3 Å². The van der Waals surface area contributed by atoms with Crippen molar-refractivity contribution in [3.63, 3.8) is 0 Å². The van der Waals surface area contributed by atoms with Crippen LogP contribution in [-0.4, -0.2) is 28.3 Å². The molecule has 0 aromatic carbocycles. The predicted octanol–water partition coefficient (Wildman–Crippen LogP) is 3.32. The second-order valence-corrected chi connectivity index (χ2v) is 5.42. The standard InChI is InChI=1S/C14H20ClN3O/c1-9(2)12(8-19-4)18-13(6-15)17-11-5-10(3)7-16-14(11)18/h5,7,9,12H,6,8H2,1-4H3. The van der Waals surface area contributed by atoms with E-state index < -0.39 is 0 Å². The summed E-state index contributed by atoms with van der Waals surface area (Å²) in [6.45, 7) is 6.98. The van der Waals surface area contributed by atoms with Gasteiger partial charge in [-0.15, -0.1) is 11.6 Å². The lowest BCUT2D eigenvalue weighted by Crippen LogP contribution is -2.22. The summed E-state index contributed by atoms with van der Waals surface area (Å²) >= 11 is 6.04. The lowest BCUT2D eigenvalue weighted by Gasteiger charge is -2.23. The molecule has 0 saturated carbocycles. The van der Waals surface area contributed by atoms with Crippen molar-refractivity contribution in [3.8, 4) is 0 Å². The van der Waals surface area contributed by atoms with Crippen molar-refractivity contribution >= 4 is 22.8 Å². The number of aryl methyl sites for hydroxylation is 1. The number of hydrogen-bond acceptors (Lipinski definition) is 3. The van der Waals surface area contributed by atoms with Gasteiger partial charge in [0.15, 0.2) is 5.65 Å². The van der Waals surface area contributed by atoms with Gasteiger partial charge in [0, 0.05) is 13.3 Å². The average molecular weight is 282 g/mol. The van der Waals surface area contributed by atoms with Crippen molar-refractivity contribution in [1.82, 2.24) is 14.5 Å². The van der Waals surface area contributed by atoms with E-state index in [0.29, 0.717) is 18.4 Å². The van der Waals surface area contributed by atoms with Crippen LogP contribution < -0.4 is 0 Å². The number of nitrogens with zero attached hydrogens (tertiary/aromatic N) is 3. The first kappa shape index (κ1) is 14.3. The topological polar surface area (TPSA) is 39.9 Å². The van der Waals surface area contributed by atoms with Gasteiger partial charge in [0.25, 0.3) is 0 Å². The van der Waals surface area contributed by atoms with Crippen molar-refractivity contribution in [2.75, 3.05) is 13.7 Å². The van der Waals surface area contributed by atoms with Crippen LogP contribution in [-0.2, 0) is 10.6 Å². The van der Waals surface area contributed by atoms with E-state index in [4.69, 9.17) is 16.3 Å². The Hall–Kier alpha value is -1.13. The molecule has 1 atom stereocenters. The maximum atomic E-state index is 6.04. The molecular weight excluding hydrogens is 262 g/mol. The van der Waals surface area contributed by atoms with E-state index in [0.717, 1.165) is 22.6 Å². The highest BCUT2D eigenvalue weighted by Gasteiger charge is 2.22. The van der Waals surface area contributed by atoms with E-state index in [1.165, 1.54) is 0 Å². The lowest BCUT2D eigenvalue weighted by molar-refractivity contribution is 0.133. The van der Waals surface area contributed by atoms with E-state index in [-0.39, 0.29) is 6.04 Å². The number of pyridine rings is 1. The third kappa shape index (κ3) is 2.74. The van der Waals surface area contributed by atoms with Crippen molar-refractivity contribution in [2.45, 2.75) is 32.7 Å². The molecule has 0 spiro atoms. The minimum Gasteiger partial charge on any atom is -0.383 e. The smallest absolute Gasteiger partial charge is 0.160 e. The Kier molecular flexibility index (Phi) is 4.42. The monoisotopic (exact) mass is 281 g/mol. The van der Waals surface area contributed by atoms with Crippen LogP contribution in [0.1, 0.15) is 31.3 Å². The Morgan fingerprint density at radius 3 is 2.74 bits per heavy atom. The molecule has 2 rings (SSSR count). The molecule has 0 radical (unpaired) electrons. The van der Waals surface area contributed by atoms with Gasteiger partial charge in [-0.3, -0.25) is 0 Å². The molecule has 2 aromatic heterocycles. The molecular formula is C14H20ClN3O. The average Bonchev–Trinajstić information content (AvgIpc) is 2.72. The molecule has 0 bridgehead atoms. The molecule has 0 saturated heterocycles. The number of imidazole rings is 1. The summed E-state index contributed by atoms with van der Waals surface area (Å²) in [5, 5.41) is 0. The zero-order chi connectivity index (χ0) is 14.0. The summed E-state index contributed by atoms with van der Waals surface area (Å²) in [6, 6.07) is 2.23. The van der Waals surface area contributed by atoms with E-state index in [1.54, 1.807) is 7.11 Å². The minimum atomic E-state index is 0.193. The maximum absolute atomic E-state index is 6.04. The first-order valence-corrected chi connectivity index (χ1v) is 7.00. The Bertz CT molecular complexity index is 565. The molecule has 0 amide bonds. The van der Waals surface area contributed by atoms with Gasteiger partial charge in [-0.2, -0.15) is 0 Å². The molecule has 0 aliphatic rings. The van der Waals surface area contributed by atoms with Crippen LogP contribution in [0.25, 0.3) is 11.2 Å². The van der Waals surface area contributed by atoms with Gasteiger partial charge < -0.3 is 9.30 Å². The van der Waals surface area contributed by atoms with E-state index in [1.807, 2.05) is 19.2 Å². The number of hydrogen-bond donors (Lipinski definition) is 0. The van der Waals surface area contributed by atoms with Crippen molar-refractivity contribution in [3.05, 3.63) is 23.7 Å². The fourth-order valence-electron chi connectivity index (χ4n) is 2.31. The van der Waals surface area contributed by atoms with E-state index >= 15 is 0 Å². The Morgan fingerprint density at radius 1 is 1.42 bits per heavy atom. The van der Waals surface area contributed by atoms with Crippen LogP contribution in [0.3, 0.4) is 0 Å². The summed E-state index contributed by atoms with van der Waals surface area (Å²) < 4.78 is 7.46. The summed E-state index contributed by atoms with van der Waals surface area (Å²) in [5.41, 5.74) is 2.89. The number of rotatable bonds is 5. The number of alkyl halides is 1. The van der Waals surface area contributed by atoms with Crippen LogP contribution in [0.4, 0.5) is 0 Å². The van der Waals surface area contributed by atoms with Gasteiger partial charge in [-0.1, -0.05) is 13.8 Å². The van der Waals surface area contributed by atoms with Gasteiger partial charge >= 0.3 is 0 Å². The number of halogens is 1. The molecule has 0 aliphatic heterocycles. The Balaban J connectivity index is 2.61. The number of methoxy groups -OCH3 is 1. The Morgan fingerprint density at radius 2 is 2.16 bits per heavy atom. The number of ether oxygens (including phenoxy) is 1. The lowest BCUT2D eigenvalue weighted by atomic mass is 10.1. The van der Waals surface area contributed by atoms with Gasteiger partial charge in [0.05, 0.1) is 18.5 Å². The fraction of sp³-hybridized carbons (Fsp3) is 0.571. The molecule has 2 heterocycles. The quantitative estimate of drug-likeness (QED) is 0.789. The zero-order valence-electron chi connectivity index (χ0n) is 11.9. The minimum absolute atomic E-state index is 0.193. The summed E-state index contributed by atoms with van der Waals surface area (Å²) in [7, 11) is 1.71. The van der Waals surface area contributed by atoms with Crippen LogP contribution in [0, 0.1) is 12.8 Å². The second kappa shape index (κ2) is 5.88. The fourth-order valence-corrected chi connectivity index (χ4v) is 2.50.